The van der Waals surface area contributed by atoms with E-state index in [1.807, 2.05) is 0 Å². The standard InChI is InChI=1S/C18H30O/c1-4-7-8-9-12-15-13-16(10-5-2)18(19)17(14-15)11-6-3/h13-14,19H,4-12H2,1-3H3. The second-order valence-electron chi connectivity index (χ2n) is 5.57. The molecule has 1 aromatic rings. The molecule has 0 aliphatic heterocycles. The molecule has 0 aromatic heterocycles. The molecule has 0 fully saturated rings. The van der Waals surface area contributed by atoms with E-state index in [-0.39, 0.29) is 0 Å². The highest BCUT2D eigenvalue weighted by molar-refractivity contribution is 5.44. The van der Waals surface area contributed by atoms with Crippen molar-refractivity contribution in [2.45, 2.75) is 78.6 Å². The Morgan fingerprint density at radius 3 is 1.79 bits per heavy atom. The summed E-state index contributed by atoms with van der Waals surface area (Å²) in [5, 5.41) is 10.3. The minimum atomic E-state index is 0.556. The lowest BCUT2D eigenvalue weighted by Gasteiger charge is -2.12. The van der Waals surface area contributed by atoms with Crippen molar-refractivity contribution < 1.29 is 5.11 Å². The molecule has 0 aliphatic rings. The largest absolute Gasteiger partial charge is 0.507 e. The summed E-state index contributed by atoms with van der Waals surface area (Å²) >= 11 is 0. The summed E-state index contributed by atoms with van der Waals surface area (Å²) < 4.78 is 0. The van der Waals surface area contributed by atoms with E-state index < -0.39 is 0 Å². The zero-order chi connectivity index (χ0) is 14.1. The van der Waals surface area contributed by atoms with E-state index >= 15 is 0 Å². The number of benzene rings is 1. The summed E-state index contributed by atoms with van der Waals surface area (Å²) in [6.45, 7) is 6.60. The highest BCUT2D eigenvalue weighted by atomic mass is 16.3. The Bertz CT molecular complexity index is 341. The number of unbranched alkanes of at least 4 members (excludes halogenated alkanes) is 3. The molecule has 0 spiro atoms. The van der Waals surface area contributed by atoms with Crippen LogP contribution >= 0.6 is 0 Å². The average Bonchev–Trinajstić information content (AvgIpc) is 2.40. The molecular formula is C18H30O. The molecule has 1 rings (SSSR count). The summed E-state index contributed by atoms with van der Waals surface area (Å²) in [4.78, 5) is 0. The van der Waals surface area contributed by atoms with E-state index in [2.05, 4.69) is 32.9 Å². The molecule has 0 bridgehead atoms. The number of aromatic hydroxyl groups is 1. The van der Waals surface area contributed by atoms with Gasteiger partial charge in [-0.25, -0.2) is 0 Å². The van der Waals surface area contributed by atoms with Crippen LogP contribution in [0, 0.1) is 0 Å². The van der Waals surface area contributed by atoms with Gasteiger partial charge < -0.3 is 5.11 Å². The number of hydrogen-bond acceptors (Lipinski definition) is 1. The van der Waals surface area contributed by atoms with Gasteiger partial charge in [-0.15, -0.1) is 0 Å². The minimum Gasteiger partial charge on any atom is -0.507 e. The van der Waals surface area contributed by atoms with Gasteiger partial charge >= 0.3 is 0 Å². The Morgan fingerprint density at radius 1 is 0.737 bits per heavy atom. The molecule has 108 valence electrons. The number of rotatable bonds is 9. The molecule has 0 atom stereocenters. The maximum absolute atomic E-state index is 10.3. The van der Waals surface area contributed by atoms with E-state index in [4.69, 9.17) is 0 Å². The van der Waals surface area contributed by atoms with Crippen molar-refractivity contribution in [3.05, 3.63) is 28.8 Å². The van der Waals surface area contributed by atoms with Crippen molar-refractivity contribution in [1.29, 1.82) is 0 Å². The lowest BCUT2D eigenvalue weighted by molar-refractivity contribution is 0.459. The maximum atomic E-state index is 10.3. The number of aryl methyl sites for hydroxylation is 3. The Kier molecular flexibility index (Phi) is 7.62. The van der Waals surface area contributed by atoms with Crippen LogP contribution in [-0.2, 0) is 19.3 Å². The van der Waals surface area contributed by atoms with Gasteiger partial charge in [-0.2, -0.15) is 0 Å². The smallest absolute Gasteiger partial charge is 0.121 e. The molecule has 19 heavy (non-hydrogen) atoms. The van der Waals surface area contributed by atoms with Gasteiger partial charge in [0.15, 0.2) is 0 Å². The first-order chi connectivity index (χ1) is 9.22. The number of hydrogen-bond donors (Lipinski definition) is 1. The third-order valence-electron chi connectivity index (χ3n) is 3.69. The van der Waals surface area contributed by atoms with E-state index in [9.17, 15) is 5.11 Å². The Labute approximate surface area is 119 Å². The monoisotopic (exact) mass is 262 g/mol. The van der Waals surface area contributed by atoms with Crippen molar-refractivity contribution in [3.63, 3.8) is 0 Å². The molecule has 1 aromatic carbocycles. The van der Waals surface area contributed by atoms with Crippen LogP contribution in [0.4, 0.5) is 0 Å². The molecular weight excluding hydrogens is 232 g/mol. The van der Waals surface area contributed by atoms with Crippen molar-refractivity contribution in [3.8, 4) is 5.75 Å². The van der Waals surface area contributed by atoms with E-state index in [0.717, 1.165) is 43.2 Å². The van der Waals surface area contributed by atoms with Crippen molar-refractivity contribution >= 4 is 0 Å². The fourth-order valence-electron chi connectivity index (χ4n) is 2.65. The second kappa shape index (κ2) is 9.01. The third kappa shape index (κ3) is 5.26. The van der Waals surface area contributed by atoms with Crippen molar-refractivity contribution in [2.24, 2.45) is 0 Å². The fraction of sp³-hybridized carbons (Fsp3) is 0.667. The van der Waals surface area contributed by atoms with Crippen LogP contribution in [0.5, 0.6) is 5.75 Å². The lowest BCUT2D eigenvalue weighted by atomic mass is 9.95. The zero-order valence-corrected chi connectivity index (χ0v) is 13.0. The Balaban J connectivity index is 2.78. The molecule has 0 unspecified atom stereocenters. The molecule has 0 radical (unpaired) electrons. The molecule has 1 heteroatoms. The molecule has 0 saturated heterocycles. The summed E-state index contributed by atoms with van der Waals surface area (Å²) in [5.41, 5.74) is 3.72. The molecule has 0 aliphatic carbocycles. The summed E-state index contributed by atoms with van der Waals surface area (Å²) in [6, 6.07) is 4.45. The highest BCUT2D eigenvalue weighted by Gasteiger charge is 2.09. The van der Waals surface area contributed by atoms with E-state index in [1.165, 1.54) is 31.2 Å². The number of phenols is 1. The van der Waals surface area contributed by atoms with Gasteiger partial charge in [0.05, 0.1) is 0 Å². The van der Waals surface area contributed by atoms with Gasteiger partial charge in [0, 0.05) is 0 Å². The van der Waals surface area contributed by atoms with Gasteiger partial charge in [-0.3, -0.25) is 0 Å². The van der Waals surface area contributed by atoms with E-state index in [1.54, 1.807) is 0 Å². The predicted molar refractivity (Wildman–Crippen MR) is 83.9 cm³/mol. The Morgan fingerprint density at radius 2 is 1.32 bits per heavy atom. The van der Waals surface area contributed by atoms with Crippen molar-refractivity contribution in [2.75, 3.05) is 0 Å². The first-order valence-corrected chi connectivity index (χ1v) is 8.06. The van der Waals surface area contributed by atoms with Crippen LogP contribution < -0.4 is 0 Å². The highest BCUT2D eigenvalue weighted by Crippen LogP contribution is 2.28. The maximum Gasteiger partial charge on any atom is 0.121 e. The molecule has 1 nitrogen and oxygen atoms in total. The van der Waals surface area contributed by atoms with Crippen LogP contribution in [0.2, 0.25) is 0 Å². The van der Waals surface area contributed by atoms with Gasteiger partial charge in [0.25, 0.3) is 0 Å². The fourth-order valence-corrected chi connectivity index (χ4v) is 2.65. The third-order valence-corrected chi connectivity index (χ3v) is 3.69. The average molecular weight is 262 g/mol. The quantitative estimate of drug-likeness (QED) is 0.589. The van der Waals surface area contributed by atoms with Gasteiger partial charge in [-0.1, -0.05) is 65.0 Å². The van der Waals surface area contributed by atoms with Crippen LogP contribution in [0.15, 0.2) is 12.1 Å². The minimum absolute atomic E-state index is 0.556. The van der Waals surface area contributed by atoms with Crippen LogP contribution in [-0.4, -0.2) is 5.11 Å². The lowest BCUT2D eigenvalue weighted by Crippen LogP contribution is -1.96. The molecule has 0 amide bonds. The summed E-state index contributed by atoms with van der Waals surface area (Å²) in [5.74, 6) is 0.556. The van der Waals surface area contributed by atoms with Crippen LogP contribution in [0.1, 0.15) is 76.0 Å². The molecule has 0 saturated carbocycles. The molecule has 1 N–H and O–H groups in total. The second-order valence-corrected chi connectivity index (χ2v) is 5.57. The first-order valence-electron chi connectivity index (χ1n) is 8.06. The normalized spacial score (nSPS) is 10.9. The first kappa shape index (κ1) is 16.1. The van der Waals surface area contributed by atoms with E-state index in [0.29, 0.717) is 5.75 Å². The summed E-state index contributed by atoms with van der Waals surface area (Å²) in [7, 11) is 0. The SMILES string of the molecule is CCCCCCc1cc(CCC)c(O)c(CCC)c1. The molecule has 0 heterocycles. The Hall–Kier alpha value is -0.980. The van der Waals surface area contributed by atoms with Crippen LogP contribution in [0.3, 0.4) is 0 Å². The number of phenolic OH excluding ortho intramolecular Hbond substituents is 1. The topological polar surface area (TPSA) is 20.2 Å². The van der Waals surface area contributed by atoms with Crippen LogP contribution in [0.25, 0.3) is 0 Å². The summed E-state index contributed by atoms with van der Waals surface area (Å²) in [6.07, 6.45) is 10.6. The van der Waals surface area contributed by atoms with Gasteiger partial charge in [0.2, 0.25) is 0 Å². The van der Waals surface area contributed by atoms with Crippen molar-refractivity contribution in [1.82, 2.24) is 0 Å². The van der Waals surface area contributed by atoms with Gasteiger partial charge in [-0.05, 0) is 42.4 Å². The van der Waals surface area contributed by atoms with Gasteiger partial charge in [0.1, 0.15) is 5.75 Å². The zero-order valence-electron chi connectivity index (χ0n) is 13.0. The predicted octanol–water partition coefficient (Wildman–Crippen LogP) is 5.42.